The number of aromatic amines is 1. The van der Waals surface area contributed by atoms with Gasteiger partial charge in [-0.05, 0) is 50.0 Å². The molecule has 0 amide bonds. The van der Waals surface area contributed by atoms with Crippen LogP contribution in [0, 0.1) is 0 Å². The Bertz CT molecular complexity index is 807. The molecular formula is C20H26ClF3N4O3. The zero-order valence-corrected chi connectivity index (χ0v) is 17.6. The van der Waals surface area contributed by atoms with Crippen LogP contribution in [0.2, 0.25) is 5.02 Å². The minimum atomic E-state index is -5.08. The number of aliphatic hydroxyl groups excluding tert-OH is 1. The van der Waals surface area contributed by atoms with Crippen LogP contribution in [0.15, 0.2) is 30.5 Å². The Morgan fingerprint density at radius 2 is 1.87 bits per heavy atom. The zero-order valence-electron chi connectivity index (χ0n) is 16.8. The van der Waals surface area contributed by atoms with Crippen molar-refractivity contribution in [3.05, 3.63) is 41.0 Å². The van der Waals surface area contributed by atoms with Gasteiger partial charge in [0.25, 0.3) is 0 Å². The molecule has 0 atom stereocenters. The Hall–Kier alpha value is -2.14. The van der Waals surface area contributed by atoms with Gasteiger partial charge in [0.15, 0.2) is 0 Å². The van der Waals surface area contributed by atoms with Crippen LogP contribution in [-0.2, 0) is 11.3 Å². The van der Waals surface area contributed by atoms with Crippen LogP contribution in [0.25, 0.3) is 11.3 Å². The molecule has 1 aliphatic heterocycles. The average molecular weight is 463 g/mol. The number of benzene rings is 1. The molecule has 0 bridgehead atoms. The maximum absolute atomic E-state index is 10.6. The van der Waals surface area contributed by atoms with Gasteiger partial charge in [0.05, 0.1) is 18.0 Å². The molecule has 4 N–H and O–H groups in total. The van der Waals surface area contributed by atoms with E-state index in [2.05, 4.69) is 20.4 Å². The van der Waals surface area contributed by atoms with Gasteiger partial charge in [-0.15, -0.1) is 0 Å². The van der Waals surface area contributed by atoms with Gasteiger partial charge in [0.2, 0.25) is 0 Å². The summed E-state index contributed by atoms with van der Waals surface area (Å²) in [6.45, 7) is 4.90. The average Bonchev–Trinajstić information content (AvgIpc) is 3.18. The van der Waals surface area contributed by atoms with Crippen LogP contribution in [0.1, 0.15) is 24.8 Å². The van der Waals surface area contributed by atoms with Crippen molar-refractivity contribution in [1.29, 1.82) is 0 Å². The van der Waals surface area contributed by atoms with Gasteiger partial charge in [-0.25, -0.2) is 4.79 Å². The van der Waals surface area contributed by atoms with E-state index in [-0.39, 0.29) is 6.10 Å². The van der Waals surface area contributed by atoms with Gasteiger partial charge < -0.3 is 20.4 Å². The first-order valence-corrected chi connectivity index (χ1v) is 10.2. The number of nitrogens with zero attached hydrogens (tertiary/aromatic N) is 2. The standard InChI is InChI=1S/C18H25ClN4O.C2HF3O2/c19-16-4-2-14(3-5-16)18-15(13-21-22-18)12-20-8-1-9-23-10-6-17(24)7-11-23;3-2(4,5)1(6)7/h2-5,13,17,20,24H,1,6-12H2,(H,21,22);(H,6,7). The fourth-order valence-corrected chi connectivity index (χ4v) is 3.23. The van der Waals surface area contributed by atoms with Gasteiger partial charge in [-0.3, -0.25) is 5.10 Å². The molecule has 11 heteroatoms. The molecule has 0 aliphatic carbocycles. The molecule has 172 valence electrons. The Morgan fingerprint density at radius 3 is 2.45 bits per heavy atom. The van der Waals surface area contributed by atoms with Crippen LogP contribution in [-0.4, -0.2) is 69.7 Å². The van der Waals surface area contributed by atoms with Crippen molar-refractivity contribution in [3.8, 4) is 11.3 Å². The number of piperidine rings is 1. The van der Waals surface area contributed by atoms with Crippen molar-refractivity contribution >= 4 is 17.6 Å². The fourth-order valence-electron chi connectivity index (χ4n) is 3.11. The topological polar surface area (TPSA) is 101 Å². The Morgan fingerprint density at radius 1 is 1.26 bits per heavy atom. The number of carboxylic acids is 1. The highest BCUT2D eigenvalue weighted by Gasteiger charge is 2.38. The monoisotopic (exact) mass is 462 g/mol. The number of nitrogens with one attached hydrogen (secondary N) is 2. The van der Waals surface area contributed by atoms with E-state index in [4.69, 9.17) is 21.5 Å². The van der Waals surface area contributed by atoms with Gasteiger partial charge in [0.1, 0.15) is 0 Å². The van der Waals surface area contributed by atoms with Crippen molar-refractivity contribution in [3.63, 3.8) is 0 Å². The Labute approximate surface area is 183 Å². The van der Waals surface area contributed by atoms with Crippen molar-refractivity contribution in [2.45, 2.75) is 38.1 Å². The summed E-state index contributed by atoms with van der Waals surface area (Å²) in [5, 5.41) is 28.1. The van der Waals surface area contributed by atoms with E-state index in [1.807, 2.05) is 30.5 Å². The highest BCUT2D eigenvalue weighted by molar-refractivity contribution is 6.30. The number of H-pyrrole nitrogens is 1. The van der Waals surface area contributed by atoms with E-state index in [0.29, 0.717) is 0 Å². The largest absolute Gasteiger partial charge is 0.490 e. The third kappa shape index (κ3) is 8.86. The number of halogens is 4. The fraction of sp³-hybridized carbons (Fsp3) is 0.500. The molecule has 31 heavy (non-hydrogen) atoms. The van der Waals surface area contributed by atoms with Crippen molar-refractivity contribution < 1.29 is 28.2 Å². The van der Waals surface area contributed by atoms with Gasteiger partial charge in [-0.1, -0.05) is 23.7 Å². The number of hydrogen-bond acceptors (Lipinski definition) is 5. The number of carboxylic acid groups (broad SMARTS) is 1. The highest BCUT2D eigenvalue weighted by atomic mass is 35.5. The summed E-state index contributed by atoms with van der Waals surface area (Å²) in [4.78, 5) is 11.3. The van der Waals surface area contributed by atoms with Gasteiger partial charge >= 0.3 is 12.1 Å². The third-order valence-electron chi connectivity index (χ3n) is 4.79. The molecule has 1 saturated heterocycles. The van der Waals surface area contributed by atoms with Crippen LogP contribution in [0.4, 0.5) is 13.2 Å². The molecule has 1 aromatic heterocycles. The number of rotatable bonds is 7. The number of aliphatic carboxylic acids is 1. The second kappa shape index (κ2) is 12.0. The van der Waals surface area contributed by atoms with E-state index in [1.54, 1.807) is 0 Å². The first-order valence-electron chi connectivity index (χ1n) is 9.86. The zero-order chi connectivity index (χ0) is 22.9. The minimum absolute atomic E-state index is 0.0910. The molecule has 2 heterocycles. The lowest BCUT2D eigenvalue weighted by Gasteiger charge is -2.29. The number of alkyl halides is 3. The van der Waals surface area contributed by atoms with Crippen LogP contribution < -0.4 is 5.32 Å². The normalized spacial score (nSPS) is 15.4. The summed E-state index contributed by atoms with van der Waals surface area (Å²) in [6.07, 6.45) is -0.362. The molecule has 1 fully saturated rings. The summed E-state index contributed by atoms with van der Waals surface area (Å²) in [7, 11) is 0. The summed E-state index contributed by atoms with van der Waals surface area (Å²) >= 11 is 5.95. The Kier molecular flexibility index (Phi) is 9.76. The van der Waals surface area contributed by atoms with Gasteiger partial charge in [-0.2, -0.15) is 18.3 Å². The van der Waals surface area contributed by atoms with Gasteiger partial charge in [0, 0.05) is 30.2 Å². The predicted molar refractivity (Wildman–Crippen MR) is 111 cm³/mol. The number of hydrogen-bond donors (Lipinski definition) is 4. The SMILES string of the molecule is O=C(O)C(F)(F)F.OC1CCN(CCCNCc2cn[nH]c2-c2ccc(Cl)cc2)CC1. The van der Waals surface area contributed by atoms with Crippen molar-refractivity contribution in [1.82, 2.24) is 20.4 Å². The minimum Gasteiger partial charge on any atom is -0.475 e. The molecule has 1 aromatic carbocycles. The summed E-state index contributed by atoms with van der Waals surface area (Å²) in [5.74, 6) is -2.76. The summed E-state index contributed by atoms with van der Waals surface area (Å²) < 4.78 is 31.7. The third-order valence-corrected chi connectivity index (χ3v) is 5.05. The predicted octanol–water partition coefficient (Wildman–Crippen LogP) is 3.30. The molecule has 2 aromatic rings. The molecule has 3 rings (SSSR count). The maximum atomic E-state index is 10.6. The Balaban J connectivity index is 0.000000423. The van der Waals surface area contributed by atoms with E-state index < -0.39 is 12.1 Å². The smallest absolute Gasteiger partial charge is 0.475 e. The molecule has 0 saturated carbocycles. The molecule has 0 spiro atoms. The lowest BCUT2D eigenvalue weighted by Crippen LogP contribution is -2.37. The lowest BCUT2D eigenvalue weighted by atomic mass is 10.1. The van der Waals surface area contributed by atoms with E-state index >= 15 is 0 Å². The van der Waals surface area contributed by atoms with E-state index in [1.165, 1.54) is 5.56 Å². The van der Waals surface area contributed by atoms with E-state index in [0.717, 1.165) is 68.3 Å². The first-order chi connectivity index (χ1) is 14.7. The molecule has 0 radical (unpaired) electrons. The second-order valence-electron chi connectivity index (χ2n) is 7.18. The van der Waals surface area contributed by atoms with Crippen LogP contribution in [0.3, 0.4) is 0 Å². The van der Waals surface area contributed by atoms with Crippen LogP contribution >= 0.6 is 11.6 Å². The molecule has 7 nitrogen and oxygen atoms in total. The van der Waals surface area contributed by atoms with Crippen LogP contribution in [0.5, 0.6) is 0 Å². The summed E-state index contributed by atoms with van der Waals surface area (Å²) in [6, 6.07) is 7.79. The lowest BCUT2D eigenvalue weighted by molar-refractivity contribution is -0.192. The number of carbonyl (C=O) groups is 1. The number of likely N-dealkylation sites (tertiary alicyclic amines) is 1. The number of aromatic nitrogens is 2. The molecule has 1 aliphatic rings. The quantitative estimate of drug-likeness (QED) is 0.471. The van der Waals surface area contributed by atoms with E-state index in [9.17, 15) is 18.3 Å². The van der Waals surface area contributed by atoms with Crippen molar-refractivity contribution in [2.24, 2.45) is 0 Å². The summed E-state index contributed by atoms with van der Waals surface area (Å²) in [5.41, 5.74) is 3.31. The molecular weight excluding hydrogens is 437 g/mol. The maximum Gasteiger partial charge on any atom is 0.490 e. The number of aliphatic hydroxyl groups is 1. The van der Waals surface area contributed by atoms with Crippen molar-refractivity contribution in [2.75, 3.05) is 26.2 Å². The molecule has 0 unspecified atom stereocenters. The second-order valence-corrected chi connectivity index (χ2v) is 7.62. The highest BCUT2D eigenvalue weighted by Crippen LogP contribution is 2.22. The first kappa shape index (κ1) is 25.1.